The fourth-order valence-corrected chi connectivity index (χ4v) is 2.64. The number of hydrogen-bond acceptors (Lipinski definition) is 6. The van der Waals surface area contributed by atoms with Crippen LogP contribution in [0.4, 0.5) is 6.01 Å². The van der Waals surface area contributed by atoms with Gasteiger partial charge in [0.25, 0.3) is 5.91 Å². The Kier molecular flexibility index (Phi) is 4.88. The van der Waals surface area contributed by atoms with Crippen LogP contribution in [0.5, 0.6) is 11.5 Å². The van der Waals surface area contributed by atoms with Crippen LogP contribution in [0.15, 0.2) is 40.8 Å². The Labute approximate surface area is 151 Å². The van der Waals surface area contributed by atoms with Gasteiger partial charge in [0.15, 0.2) is 0 Å². The number of anilines is 1. The number of rotatable bonds is 5. The minimum atomic E-state index is -0.434. The fraction of sp³-hybridized carbons (Fsp3) is 0.211. The lowest BCUT2D eigenvalue weighted by Gasteiger charge is -2.09. The van der Waals surface area contributed by atoms with Gasteiger partial charge in [-0.05, 0) is 44.2 Å². The summed E-state index contributed by atoms with van der Waals surface area (Å²) in [5.74, 6) is 0.857. The van der Waals surface area contributed by atoms with Crippen molar-refractivity contribution >= 4 is 11.9 Å². The van der Waals surface area contributed by atoms with Crippen LogP contribution >= 0.6 is 0 Å². The lowest BCUT2D eigenvalue weighted by atomic mass is 10.1. The van der Waals surface area contributed by atoms with Gasteiger partial charge < -0.3 is 13.9 Å². The summed E-state index contributed by atoms with van der Waals surface area (Å²) in [7, 11) is 3.01. The molecule has 0 spiro atoms. The summed E-state index contributed by atoms with van der Waals surface area (Å²) >= 11 is 0. The number of nitrogens with one attached hydrogen (secondary N) is 1. The average molecular weight is 353 g/mol. The van der Waals surface area contributed by atoms with Crippen LogP contribution in [0.1, 0.15) is 21.5 Å². The molecule has 134 valence electrons. The lowest BCUT2D eigenvalue weighted by molar-refractivity contribution is 0.102. The minimum Gasteiger partial charge on any atom is -0.497 e. The number of aryl methyl sites for hydroxylation is 2. The quantitative estimate of drug-likeness (QED) is 0.754. The first-order valence-electron chi connectivity index (χ1n) is 7.95. The van der Waals surface area contributed by atoms with Gasteiger partial charge in [0.1, 0.15) is 11.5 Å². The third kappa shape index (κ3) is 3.66. The standard InChI is InChI=1S/C19H19N3O4/c1-11-7-12(2)9-13(8-11)18-21-22-19(26-18)20-17(23)15-10-14(24-3)5-6-16(15)25-4/h5-10H,1-4H3,(H,20,22,23). The summed E-state index contributed by atoms with van der Waals surface area (Å²) in [6, 6.07) is 10.9. The number of aromatic nitrogens is 2. The second-order valence-corrected chi connectivity index (χ2v) is 5.81. The van der Waals surface area contributed by atoms with E-state index in [2.05, 4.69) is 21.6 Å². The van der Waals surface area contributed by atoms with Crippen LogP contribution in [-0.2, 0) is 0 Å². The Balaban J connectivity index is 1.84. The summed E-state index contributed by atoms with van der Waals surface area (Å²) in [4.78, 5) is 12.5. The van der Waals surface area contributed by atoms with Gasteiger partial charge in [0.2, 0.25) is 5.89 Å². The van der Waals surface area contributed by atoms with Crippen molar-refractivity contribution in [1.82, 2.24) is 10.2 Å². The molecular weight excluding hydrogens is 334 g/mol. The number of amides is 1. The van der Waals surface area contributed by atoms with E-state index in [0.717, 1.165) is 16.7 Å². The van der Waals surface area contributed by atoms with Gasteiger partial charge in [-0.15, -0.1) is 5.10 Å². The molecule has 0 atom stereocenters. The molecule has 0 unspecified atom stereocenters. The molecule has 2 aromatic carbocycles. The molecule has 1 heterocycles. The summed E-state index contributed by atoms with van der Waals surface area (Å²) in [5, 5.41) is 10.5. The van der Waals surface area contributed by atoms with Crippen LogP contribution in [0.25, 0.3) is 11.5 Å². The van der Waals surface area contributed by atoms with Crippen molar-refractivity contribution in [3.8, 4) is 23.0 Å². The molecule has 0 aliphatic carbocycles. The van der Waals surface area contributed by atoms with Crippen molar-refractivity contribution < 1.29 is 18.7 Å². The maximum atomic E-state index is 12.5. The van der Waals surface area contributed by atoms with E-state index in [1.54, 1.807) is 18.2 Å². The molecule has 7 heteroatoms. The number of methoxy groups -OCH3 is 2. The molecule has 3 aromatic rings. The largest absolute Gasteiger partial charge is 0.497 e. The Hall–Kier alpha value is -3.35. The van der Waals surface area contributed by atoms with E-state index in [9.17, 15) is 4.79 Å². The number of benzene rings is 2. The molecule has 0 saturated heterocycles. The molecule has 0 bridgehead atoms. The summed E-state index contributed by atoms with van der Waals surface area (Å²) in [5.41, 5.74) is 3.28. The molecule has 1 N–H and O–H groups in total. The van der Waals surface area contributed by atoms with Gasteiger partial charge in [0.05, 0.1) is 19.8 Å². The zero-order valence-corrected chi connectivity index (χ0v) is 15.0. The van der Waals surface area contributed by atoms with Crippen molar-refractivity contribution in [1.29, 1.82) is 0 Å². The molecule has 1 amide bonds. The Bertz CT molecular complexity index is 929. The predicted octanol–water partition coefficient (Wildman–Crippen LogP) is 3.62. The second kappa shape index (κ2) is 7.26. The zero-order valence-electron chi connectivity index (χ0n) is 15.0. The Morgan fingerprint density at radius 3 is 2.38 bits per heavy atom. The van der Waals surface area contributed by atoms with Crippen molar-refractivity contribution in [3.05, 3.63) is 53.1 Å². The highest BCUT2D eigenvalue weighted by Crippen LogP contribution is 2.26. The summed E-state index contributed by atoms with van der Waals surface area (Å²) in [6.45, 7) is 3.98. The highest BCUT2D eigenvalue weighted by molar-refractivity contribution is 6.05. The van der Waals surface area contributed by atoms with E-state index < -0.39 is 5.91 Å². The smallest absolute Gasteiger partial charge is 0.322 e. The zero-order chi connectivity index (χ0) is 18.7. The highest BCUT2D eigenvalue weighted by Gasteiger charge is 2.17. The third-order valence-corrected chi connectivity index (χ3v) is 3.77. The molecular formula is C19H19N3O4. The van der Waals surface area contributed by atoms with Crippen molar-refractivity contribution in [2.24, 2.45) is 0 Å². The van der Waals surface area contributed by atoms with Gasteiger partial charge >= 0.3 is 6.01 Å². The van der Waals surface area contributed by atoms with Gasteiger partial charge in [-0.3, -0.25) is 10.1 Å². The molecule has 7 nitrogen and oxygen atoms in total. The van der Waals surface area contributed by atoms with E-state index in [1.165, 1.54) is 14.2 Å². The summed E-state index contributed by atoms with van der Waals surface area (Å²) in [6.07, 6.45) is 0. The number of ether oxygens (including phenoxy) is 2. The minimum absolute atomic E-state index is 0.00836. The lowest BCUT2D eigenvalue weighted by Crippen LogP contribution is -2.13. The number of carbonyl (C=O) groups is 1. The maximum Gasteiger partial charge on any atom is 0.322 e. The maximum absolute atomic E-state index is 12.5. The van der Waals surface area contributed by atoms with E-state index in [0.29, 0.717) is 23.0 Å². The molecule has 26 heavy (non-hydrogen) atoms. The van der Waals surface area contributed by atoms with E-state index in [1.807, 2.05) is 26.0 Å². The van der Waals surface area contributed by atoms with Gasteiger partial charge in [-0.25, -0.2) is 0 Å². The molecule has 0 saturated carbocycles. The molecule has 0 fully saturated rings. The topological polar surface area (TPSA) is 86.5 Å². The first-order valence-corrected chi connectivity index (χ1v) is 7.95. The van der Waals surface area contributed by atoms with Crippen molar-refractivity contribution in [2.45, 2.75) is 13.8 Å². The van der Waals surface area contributed by atoms with Crippen LogP contribution < -0.4 is 14.8 Å². The van der Waals surface area contributed by atoms with Gasteiger partial charge in [0, 0.05) is 5.56 Å². The molecule has 0 radical (unpaired) electrons. The highest BCUT2D eigenvalue weighted by atomic mass is 16.5. The monoisotopic (exact) mass is 353 g/mol. The van der Waals surface area contributed by atoms with E-state index >= 15 is 0 Å². The molecule has 0 aliphatic heterocycles. The van der Waals surface area contributed by atoms with E-state index in [-0.39, 0.29) is 6.01 Å². The first kappa shape index (κ1) is 17.5. The molecule has 3 rings (SSSR count). The van der Waals surface area contributed by atoms with Gasteiger partial charge in [-0.2, -0.15) is 0 Å². The Morgan fingerprint density at radius 1 is 1.00 bits per heavy atom. The second-order valence-electron chi connectivity index (χ2n) is 5.81. The van der Waals surface area contributed by atoms with Crippen molar-refractivity contribution in [3.63, 3.8) is 0 Å². The van der Waals surface area contributed by atoms with Gasteiger partial charge in [-0.1, -0.05) is 22.3 Å². The normalized spacial score (nSPS) is 10.5. The SMILES string of the molecule is COc1ccc(OC)c(C(=O)Nc2nnc(-c3cc(C)cc(C)c3)o2)c1. The number of carbonyl (C=O) groups excluding carboxylic acids is 1. The van der Waals surface area contributed by atoms with Crippen LogP contribution in [-0.4, -0.2) is 30.3 Å². The predicted molar refractivity (Wildman–Crippen MR) is 96.7 cm³/mol. The van der Waals surface area contributed by atoms with E-state index in [4.69, 9.17) is 13.9 Å². The third-order valence-electron chi connectivity index (χ3n) is 3.77. The van der Waals surface area contributed by atoms with Crippen LogP contribution in [0.3, 0.4) is 0 Å². The number of hydrogen-bond donors (Lipinski definition) is 1. The van der Waals surface area contributed by atoms with Crippen LogP contribution in [0, 0.1) is 13.8 Å². The molecule has 0 aliphatic rings. The summed E-state index contributed by atoms with van der Waals surface area (Å²) < 4.78 is 15.9. The van der Waals surface area contributed by atoms with Crippen LogP contribution in [0.2, 0.25) is 0 Å². The molecule has 1 aromatic heterocycles. The Morgan fingerprint density at radius 2 is 1.73 bits per heavy atom. The fourth-order valence-electron chi connectivity index (χ4n) is 2.64. The first-order chi connectivity index (χ1) is 12.5. The van der Waals surface area contributed by atoms with Crippen molar-refractivity contribution in [2.75, 3.05) is 19.5 Å². The number of nitrogens with zero attached hydrogens (tertiary/aromatic N) is 2. The average Bonchev–Trinajstić information content (AvgIpc) is 3.08.